The summed E-state index contributed by atoms with van der Waals surface area (Å²) in [5, 5.41) is 6.62. The van der Waals surface area contributed by atoms with Crippen LogP contribution in [0.15, 0.2) is 77.8 Å². The third-order valence-corrected chi connectivity index (χ3v) is 5.98. The number of nitrogens with one attached hydrogen (secondary N) is 2. The molecular weight excluding hydrogens is 382 g/mol. The topological polar surface area (TPSA) is 57.2 Å². The third-order valence-electron chi connectivity index (χ3n) is 5.98. The number of amides is 1. The molecule has 1 heterocycles. The van der Waals surface area contributed by atoms with E-state index < -0.39 is 0 Å². The van der Waals surface area contributed by atoms with Gasteiger partial charge in [0.05, 0.1) is 10.9 Å². The van der Waals surface area contributed by atoms with Crippen LogP contribution < -0.4 is 10.7 Å². The number of rotatable bonds is 6. The molecule has 3 aromatic carbocycles. The molecule has 0 radical (unpaired) electrons. The lowest BCUT2D eigenvalue weighted by Gasteiger charge is -2.14. The van der Waals surface area contributed by atoms with Gasteiger partial charge in [0.15, 0.2) is 0 Å². The molecule has 0 bridgehead atoms. The van der Waals surface area contributed by atoms with Crippen LogP contribution in [0.25, 0.3) is 21.8 Å². The zero-order valence-electron chi connectivity index (χ0n) is 18.4. The first kappa shape index (κ1) is 21.0. The van der Waals surface area contributed by atoms with Crippen LogP contribution in [0.1, 0.15) is 44.4 Å². The second-order valence-electron chi connectivity index (χ2n) is 8.16. The molecule has 4 rings (SSSR count). The Kier molecular flexibility index (Phi) is 6.28. The Hall–Kier alpha value is -3.24. The Bertz CT molecular complexity index is 1270. The number of hydrogen-bond donors (Lipinski definition) is 2. The Morgan fingerprint density at radius 1 is 0.968 bits per heavy atom. The quantitative estimate of drug-likeness (QED) is 0.431. The van der Waals surface area contributed by atoms with Gasteiger partial charge in [-0.1, -0.05) is 74.5 Å². The van der Waals surface area contributed by atoms with Crippen LogP contribution in [-0.2, 0) is 11.3 Å². The van der Waals surface area contributed by atoms with Gasteiger partial charge in [-0.15, -0.1) is 0 Å². The molecule has 0 spiro atoms. The number of aromatic nitrogens is 1. The number of para-hydroxylation sites is 1. The first-order valence-electron chi connectivity index (χ1n) is 11.0. The van der Waals surface area contributed by atoms with E-state index >= 15 is 0 Å². The van der Waals surface area contributed by atoms with Crippen LogP contribution >= 0.6 is 0 Å². The van der Waals surface area contributed by atoms with E-state index in [1.54, 1.807) is 0 Å². The predicted molar refractivity (Wildman–Crippen MR) is 128 cm³/mol. The summed E-state index contributed by atoms with van der Waals surface area (Å²) in [5.41, 5.74) is 4.60. The summed E-state index contributed by atoms with van der Waals surface area (Å²) in [7, 11) is 0. The highest BCUT2D eigenvalue weighted by atomic mass is 16.1. The molecule has 4 aromatic rings. The second-order valence-corrected chi connectivity index (χ2v) is 8.16. The van der Waals surface area contributed by atoms with E-state index in [4.69, 9.17) is 0 Å². The van der Waals surface area contributed by atoms with Gasteiger partial charge in [-0.25, -0.2) is 4.99 Å². The van der Waals surface area contributed by atoms with Crippen LogP contribution in [-0.4, -0.2) is 10.9 Å². The molecular formula is C27H29N3O. The molecule has 2 unspecified atom stereocenters. The molecule has 4 nitrogen and oxygen atoms in total. The fourth-order valence-electron chi connectivity index (χ4n) is 3.80. The molecule has 4 heteroatoms. The van der Waals surface area contributed by atoms with Crippen LogP contribution in [0.5, 0.6) is 0 Å². The second kappa shape index (κ2) is 9.27. The average molecular weight is 412 g/mol. The molecule has 0 saturated carbocycles. The molecule has 0 aliphatic carbocycles. The van der Waals surface area contributed by atoms with E-state index in [9.17, 15) is 4.79 Å². The Balaban J connectivity index is 1.69. The lowest BCUT2D eigenvalue weighted by molar-refractivity contribution is -0.121. The smallest absolute Gasteiger partial charge is 0.249 e. The van der Waals surface area contributed by atoms with Crippen molar-refractivity contribution in [3.8, 4) is 0 Å². The highest BCUT2D eigenvalue weighted by Crippen LogP contribution is 2.27. The summed E-state index contributed by atoms with van der Waals surface area (Å²) >= 11 is 0. The van der Waals surface area contributed by atoms with Crippen molar-refractivity contribution in [2.24, 2.45) is 10.9 Å². The van der Waals surface area contributed by atoms with Crippen LogP contribution in [0.2, 0.25) is 0 Å². The minimum atomic E-state index is -0.0715. The van der Waals surface area contributed by atoms with Crippen molar-refractivity contribution < 1.29 is 4.79 Å². The van der Waals surface area contributed by atoms with Crippen molar-refractivity contribution in [3.63, 3.8) is 0 Å². The van der Waals surface area contributed by atoms with E-state index in [1.807, 2.05) is 38.1 Å². The van der Waals surface area contributed by atoms with Gasteiger partial charge in [-0.05, 0) is 36.6 Å². The molecule has 0 fully saturated rings. The van der Waals surface area contributed by atoms with Gasteiger partial charge in [-0.2, -0.15) is 0 Å². The van der Waals surface area contributed by atoms with Gasteiger partial charge < -0.3 is 10.3 Å². The largest absolute Gasteiger partial charge is 0.354 e. The molecule has 31 heavy (non-hydrogen) atoms. The van der Waals surface area contributed by atoms with Gasteiger partial charge in [0.25, 0.3) is 0 Å². The van der Waals surface area contributed by atoms with Crippen molar-refractivity contribution >= 4 is 27.7 Å². The zero-order chi connectivity index (χ0) is 21.8. The normalized spacial score (nSPS) is 14.1. The predicted octanol–water partition coefficient (Wildman–Crippen LogP) is 5.65. The highest BCUT2D eigenvalue weighted by molar-refractivity contribution is 6.07. The Morgan fingerprint density at radius 3 is 2.48 bits per heavy atom. The van der Waals surface area contributed by atoms with E-state index in [2.05, 4.69) is 70.7 Å². The number of benzene rings is 2. The Labute approximate surface area is 183 Å². The summed E-state index contributed by atoms with van der Waals surface area (Å²) in [6, 6.07) is 25.1. The highest BCUT2D eigenvalue weighted by Gasteiger charge is 2.11. The van der Waals surface area contributed by atoms with Gasteiger partial charge in [0.1, 0.15) is 0 Å². The molecule has 1 amide bonds. The fourth-order valence-corrected chi connectivity index (χ4v) is 3.80. The van der Waals surface area contributed by atoms with Gasteiger partial charge >= 0.3 is 0 Å². The number of nitrogens with zero attached hydrogens (tertiary/aromatic N) is 1. The van der Waals surface area contributed by atoms with Crippen LogP contribution in [0.3, 0.4) is 0 Å². The zero-order valence-corrected chi connectivity index (χ0v) is 18.4. The number of H-pyrrole nitrogens is 1. The maximum Gasteiger partial charge on any atom is 0.249 e. The minimum Gasteiger partial charge on any atom is -0.354 e. The summed E-state index contributed by atoms with van der Waals surface area (Å²) in [6.07, 6.45) is 0.793. The molecule has 0 aliphatic heterocycles. The van der Waals surface area contributed by atoms with E-state index in [-0.39, 0.29) is 17.9 Å². The molecule has 1 aromatic heterocycles. The molecule has 2 atom stereocenters. The number of carbonyl (C=O) groups is 1. The van der Waals surface area contributed by atoms with Crippen molar-refractivity contribution in [1.29, 1.82) is 0 Å². The van der Waals surface area contributed by atoms with Crippen molar-refractivity contribution in [2.75, 3.05) is 0 Å². The summed E-state index contributed by atoms with van der Waals surface area (Å²) < 4.78 is 0. The lowest BCUT2D eigenvalue weighted by Crippen LogP contribution is -2.18. The summed E-state index contributed by atoms with van der Waals surface area (Å²) in [4.78, 5) is 20.2. The third kappa shape index (κ3) is 4.59. The van der Waals surface area contributed by atoms with Gasteiger partial charge in [0.2, 0.25) is 5.91 Å². The summed E-state index contributed by atoms with van der Waals surface area (Å²) in [5.74, 6) is -0.134. The van der Waals surface area contributed by atoms with Crippen molar-refractivity contribution in [2.45, 2.75) is 39.8 Å². The van der Waals surface area contributed by atoms with Crippen LogP contribution in [0.4, 0.5) is 0 Å². The number of fused-ring (bicyclic) bond motifs is 3. The van der Waals surface area contributed by atoms with E-state index in [1.165, 1.54) is 16.5 Å². The van der Waals surface area contributed by atoms with Crippen LogP contribution in [0, 0.1) is 5.92 Å². The number of carbonyl (C=O) groups excluding carboxylic acids is 1. The maximum atomic E-state index is 12.3. The first-order chi connectivity index (χ1) is 15.1. The first-order valence-corrected chi connectivity index (χ1v) is 11.0. The number of aromatic amines is 1. The summed E-state index contributed by atoms with van der Waals surface area (Å²) in [6.45, 7) is 6.87. The minimum absolute atomic E-state index is 0.0620. The van der Waals surface area contributed by atoms with E-state index in [0.29, 0.717) is 5.36 Å². The van der Waals surface area contributed by atoms with E-state index in [0.717, 1.165) is 29.4 Å². The van der Waals surface area contributed by atoms with Crippen molar-refractivity contribution in [3.05, 3.63) is 89.3 Å². The average Bonchev–Trinajstić information content (AvgIpc) is 3.02. The number of hydrogen-bond acceptors (Lipinski definition) is 2. The molecule has 2 N–H and O–H groups in total. The lowest BCUT2D eigenvalue weighted by atomic mass is 10.1. The maximum absolute atomic E-state index is 12.3. The SMILES string of the molecule is CCC(C)C(=O)N=c1cccc2c(c1)[nH]c1c(CNC(C)c3ccccc3)cccc12. The standard InChI is InChI=1S/C27H29N3O/c1-4-18(2)27(31)29-22-13-9-14-23-24-15-8-12-21(26(24)30-25(23)16-22)17-28-19(3)20-10-6-5-7-11-20/h5-16,18-19,28,30H,4,17H2,1-3H3. The van der Waals surface area contributed by atoms with Crippen molar-refractivity contribution in [1.82, 2.24) is 10.3 Å². The molecule has 0 saturated heterocycles. The van der Waals surface area contributed by atoms with Gasteiger partial charge in [0, 0.05) is 34.8 Å². The van der Waals surface area contributed by atoms with Gasteiger partial charge in [-0.3, -0.25) is 4.79 Å². The molecule has 0 aliphatic rings. The fraction of sp³-hybridized carbons (Fsp3) is 0.259. The molecule has 158 valence electrons. The Morgan fingerprint density at radius 2 is 1.71 bits per heavy atom. The monoisotopic (exact) mass is 411 g/mol.